The lowest BCUT2D eigenvalue weighted by Crippen LogP contribution is -2.32. The van der Waals surface area contributed by atoms with E-state index in [1.165, 1.54) is 16.7 Å². The molecule has 0 spiro atoms. The molecule has 4 aromatic rings. The van der Waals surface area contributed by atoms with Gasteiger partial charge in [-0.15, -0.1) is 10.2 Å². The van der Waals surface area contributed by atoms with Gasteiger partial charge in [-0.2, -0.15) is 0 Å². The molecule has 2 aromatic carbocycles. The third-order valence-electron chi connectivity index (χ3n) is 6.11. The molecule has 9 nitrogen and oxygen atoms in total. The summed E-state index contributed by atoms with van der Waals surface area (Å²) in [6.07, 6.45) is 4.25. The fourth-order valence-corrected chi connectivity index (χ4v) is 4.26. The summed E-state index contributed by atoms with van der Waals surface area (Å²) < 4.78 is 13.5. The zero-order chi connectivity index (χ0) is 24.7. The number of aryl methyl sites for hydroxylation is 1. The van der Waals surface area contributed by atoms with Crippen molar-refractivity contribution >= 4 is 0 Å². The van der Waals surface area contributed by atoms with E-state index in [0.717, 1.165) is 37.1 Å². The number of hydrogen-bond acceptors (Lipinski definition) is 7. The molecule has 0 aliphatic rings. The van der Waals surface area contributed by atoms with E-state index in [4.69, 9.17) is 19.6 Å². The van der Waals surface area contributed by atoms with E-state index >= 15 is 0 Å². The van der Waals surface area contributed by atoms with Crippen molar-refractivity contribution in [2.75, 3.05) is 14.2 Å². The van der Waals surface area contributed by atoms with Crippen molar-refractivity contribution in [2.24, 2.45) is 0 Å². The van der Waals surface area contributed by atoms with E-state index in [9.17, 15) is 0 Å². The number of aromatic amines is 1. The largest absolute Gasteiger partial charge is 0.347 e. The van der Waals surface area contributed by atoms with Gasteiger partial charge in [-0.3, -0.25) is 0 Å². The number of rotatable bonds is 12. The van der Waals surface area contributed by atoms with Crippen LogP contribution < -0.4 is 0 Å². The van der Waals surface area contributed by atoms with E-state index < -0.39 is 5.79 Å². The van der Waals surface area contributed by atoms with Gasteiger partial charge in [-0.25, -0.2) is 14.8 Å². The summed E-state index contributed by atoms with van der Waals surface area (Å²) in [7, 11) is 3.30. The lowest BCUT2D eigenvalue weighted by atomic mass is 10.0. The number of methoxy groups -OCH3 is 2. The van der Waals surface area contributed by atoms with Crippen LogP contribution >= 0.6 is 0 Å². The number of nitrogens with zero attached hydrogens (tertiary/aromatic N) is 6. The van der Waals surface area contributed by atoms with Crippen LogP contribution in [0.3, 0.4) is 0 Å². The van der Waals surface area contributed by atoms with E-state index in [-0.39, 0.29) is 0 Å². The molecule has 35 heavy (non-hydrogen) atoms. The van der Waals surface area contributed by atoms with Gasteiger partial charge in [-0.05, 0) is 46.0 Å². The van der Waals surface area contributed by atoms with Gasteiger partial charge in [0.25, 0.3) is 0 Å². The Bertz CT molecular complexity index is 1200. The molecule has 0 amide bonds. The standard InChI is InChI=1S/C26H33N7O2/c1-5-8-23-27-25(26(34-3,35-4)15-6-2)30-33(23)18-20-13-11-19(12-14-20)16-21-9-7-10-22(17-21)24-28-31-32-29-24/h7,9-14,17H,5-6,8,15-16,18H2,1-4H3,(H,28,29,31,32). The van der Waals surface area contributed by atoms with Gasteiger partial charge in [0, 0.05) is 32.6 Å². The van der Waals surface area contributed by atoms with E-state index in [0.29, 0.717) is 24.6 Å². The molecule has 0 aliphatic carbocycles. The second kappa shape index (κ2) is 11.3. The monoisotopic (exact) mass is 475 g/mol. The highest BCUT2D eigenvalue weighted by Gasteiger charge is 2.36. The Hall–Kier alpha value is -3.43. The van der Waals surface area contributed by atoms with Crippen LogP contribution in [0.25, 0.3) is 11.4 Å². The highest BCUT2D eigenvalue weighted by molar-refractivity contribution is 5.55. The second-order valence-corrected chi connectivity index (χ2v) is 8.61. The minimum atomic E-state index is -0.914. The summed E-state index contributed by atoms with van der Waals surface area (Å²) in [5.41, 5.74) is 4.57. The molecule has 0 saturated carbocycles. The fourth-order valence-electron chi connectivity index (χ4n) is 4.26. The molecule has 4 rings (SSSR count). The quantitative estimate of drug-likeness (QED) is 0.305. The molecular weight excluding hydrogens is 442 g/mol. The predicted molar refractivity (Wildman–Crippen MR) is 133 cm³/mol. The highest BCUT2D eigenvalue weighted by Crippen LogP contribution is 2.29. The van der Waals surface area contributed by atoms with Crippen molar-refractivity contribution in [3.05, 3.63) is 76.9 Å². The number of benzene rings is 2. The van der Waals surface area contributed by atoms with Gasteiger partial charge in [0.05, 0.1) is 6.54 Å². The zero-order valence-corrected chi connectivity index (χ0v) is 20.9. The molecule has 0 radical (unpaired) electrons. The van der Waals surface area contributed by atoms with Crippen LogP contribution in [0.4, 0.5) is 0 Å². The van der Waals surface area contributed by atoms with Gasteiger partial charge < -0.3 is 9.47 Å². The molecule has 9 heteroatoms. The van der Waals surface area contributed by atoms with Crippen LogP contribution in [0, 0.1) is 0 Å². The van der Waals surface area contributed by atoms with E-state index in [1.54, 1.807) is 14.2 Å². The average molecular weight is 476 g/mol. The maximum Gasteiger partial charge on any atom is 0.231 e. The first-order valence-corrected chi connectivity index (χ1v) is 12.1. The normalized spacial score (nSPS) is 11.8. The number of ether oxygens (including phenoxy) is 2. The highest BCUT2D eigenvalue weighted by atomic mass is 16.7. The average Bonchev–Trinajstić information content (AvgIpc) is 3.56. The third-order valence-corrected chi connectivity index (χ3v) is 6.11. The lowest BCUT2D eigenvalue weighted by Gasteiger charge is -2.27. The summed E-state index contributed by atoms with van der Waals surface area (Å²) in [5.74, 6) is 1.29. The summed E-state index contributed by atoms with van der Waals surface area (Å²) in [5, 5.41) is 19.0. The summed E-state index contributed by atoms with van der Waals surface area (Å²) in [6, 6.07) is 16.9. The van der Waals surface area contributed by atoms with Crippen LogP contribution in [0.5, 0.6) is 0 Å². The van der Waals surface area contributed by atoms with Crippen LogP contribution in [0.2, 0.25) is 0 Å². The molecule has 0 atom stereocenters. The number of nitrogens with one attached hydrogen (secondary N) is 1. The summed E-state index contributed by atoms with van der Waals surface area (Å²) in [6.45, 7) is 4.89. The van der Waals surface area contributed by atoms with Gasteiger partial charge in [0.15, 0.2) is 5.82 Å². The molecule has 2 heterocycles. The number of aromatic nitrogens is 7. The smallest absolute Gasteiger partial charge is 0.231 e. The maximum absolute atomic E-state index is 5.74. The summed E-state index contributed by atoms with van der Waals surface area (Å²) >= 11 is 0. The lowest BCUT2D eigenvalue weighted by molar-refractivity contribution is -0.225. The van der Waals surface area contributed by atoms with Crippen molar-refractivity contribution in [1.29, 1.82) is 0 Å². The second-order valence-electron chi connectivity index (χ2n) is 8.61. The van der Waals surface area contributed by atoms with Crippen molar-refractivity contribution in [3.8, 4) is 11.4 Å². The van der Waals surface area contributed by atoms with Gasteiger partial charge in [0.1, 0.15) is 5.82 Å². The van der Waals surface area contributed by atoms with Crippen molar-refractivity contribution < 1.29 is 9.47 Å². The fraction of sp³-hybridized carbons (Fsp3) is 0.423. The number of tetrazole rings is 1. The molecule has 2 aromatic heterocycles. The van der Waals surface area contributed by atoms with Gasteiger partial charge in [0.2, 0.25) is 11.6 Å². The van der Waals surface area contributed by atoms with Crippen LogP contribution in [-0.4, -0.2) is 49.6 Å². The van der Waals surface area contributed by atoms with Crippen LogP contribution in [0.15, 0.2) is 48.5 Å². The number of hydrogen-bond donors (Lipinski definition) is 1. The van der Waals surface area contributed by atoms with E-state index in [1.807, 2.05) is 16.8 Å². The Morgan fingerprint density at radius 2 is 1.71 bits per heavy atom. The maximum atomic E-state index is 5.74. The number of H-pyrrole nitrogens is 1. The Balaban J connectivity index is 1.50. The zero-order valence-electron chi connectivity index (χ0n) is 20.9. The van der Waals surface area contributed by atoms with Crippen molar-refractivity contribution in [1.82, 2.24) is 35.4 Å². The minimum absolute atomic E-state index is 0.589. The Morgan fingerprint density at radius 3 is 2.37 bits per heavy atom. The summed E-state index contributed by atoms with van der Waals surface area (Å²) in [4.78, 5) is 4.82. The minimum Gasteiger partial charge on any atom is -0.347 e. The van der Waals surface area contributed by atoms with Crippen molar-refractivity contribution in [2.45, 2.75) is 58.3 Å². The van der Waals surface area contributed by atoms with E-state index in [2.05, 4.69) is 70.9 Å². The predicted octanol–water partition coefficient (Wildman–Crippen LogP) is 4.30. The third kappa shape index (κ3) is 5.63. The first kappa shape index (κ1) is 24.7. The SMILES string of the molecule is CCCc1nc(C(CCC)(OC)OC)nn1Cc1ccc(Cc2cccc(-c3nnn[nH]3)c2)cc1. The van der Waals surface area contributed by atoms with Gasteiger partial charge in [-0.1, -0.05) is 62.7 Å². The first-order chi connectivity index (χ1) is 17.1. The first-order valence-electron chi connectivity index (χ1n) is 12.1. The molecule has 0 unspecified atom stereocenters. The molecular formula is C26H33N7O2. The van der Waals surface area contributed by atoms with Crippen LogP contribution in [0.1, 0.15) is 61.4 Å². The molecule has 1 N–H and O–H groups in total. The Labute approximate surface area is 205 Å². The molecule has 0 saturated heterocycles. The van der Waals surface area contributed by atoms with Crippen molar-refractivity contribution in [3.63, 3.8) is 0 Å². The van der Waals surface area contributed by atoms with Crippen LogP contribution in [-0.2, 0) is 34.6 Å². The molecule has 0 bridgehead atoms. The van der Waals surface area contributed by atoms with Gasteiger partial charge >= 0.3 is 0 Å². The molecule has 0 fully saturated rings. The molecule has 0 aliphatic heterocycles. The Morgan fingerprint density at radius 1 is 0.943 bits per heavy atom. The molecule has 184 valence electrons. The topological polar surface area (TPSA) is 104 Å². The Kier molecular flexibility index (Phi) is 7.99.